The van der Waals surface area contributed by atoms with Crippen molar-refractivity contribution in [3.63, 3.8) is 0 Å². The number of aromatic nitrogens is 1. The molecule has 0 amide bonds. The third-order valence-electron chi connectivity index (χ3n) is 2.55. The Balaban J connectivity index is 0.000000396. The molecule has 2 heterocycles. The van der Waals surface area contributed by atoms with Gasteiger partial charge in [-0.25, -0.2) is 0 Å². The van der Waals surface area contributed by atoms with Crippen LogP contribution in [0.3, 0.4) is 0 Å². The fourth-order valence-corrected chi connectivity index (χ4v) is 1.72. The van der Waals surface area contributed by atoms with Gasteiger partial charge in [-0.3, -0.25) is 4.98 Å². The largest absolute Gasteiger partial charge is 2.00 e. The van der Waals surface area contributed by atoms with Crippen molar-refractivity contribution in [2.45, 2.75) is 31.7 Å². The summed E-state index contributed by atoms with van der Waals surface area (Å²) in [5.74, 6) is -3.25. The number of rotatable bonds is 3. The minimum absolute atomic E-state index is 0. The van der Waals surface area contributed by atoms with Gasteiger partial charge in [0, 0.05) is 30.3 Å². The Hall–Kier alpha value is -1.43. The van der Waals surface area contributed by atoms with Crippen molar-refractivity contribution in [1.29, 1.82) is 0 Å². The number of carboxylic acids is 2. The summed E-state index contributed by atoms with van der Waals surface area (Å²) < 4.78 is 0. The topological polar surface area (TPSA) is 107 Å². The SMILES string of the molecule is O=C([O-])CC(=O)[O-].[Cu+2].c1ccc(C2CCCC[N-]2)nc1. The van der Waals surface area contributed by atoms with Gasteiger partial charge in [-0.1, -0.05) is 31.4 Å². The van der Waals surface area contributed by atoms with Crippen molar-refractivity contribution < 1.29 is 36.9 Å². The van der Waals surface area contributed by atoms with E-state index < -0.39 is 18.4 Å². The Bertz CT molecular complexity index is 396. The number of pyridine rings is 1. The zero-order valence-electron chi connectivity index (χ0n) is 10.8. The van der Waals surface area contributed by atoms with E-state index in [4.69, 9.17) is 0 Å². The number of piperidine rings is 1. The van der Waals surface area contributed by atoms with Crippen molar-refractivity contribution in [2.75, 3.05) is 6.54 Å². The summed E-state index contributed by atoms with van der Waals surface area (Å²) in [5, 5.41) is 23.1. The second kappa shape index (κ2) is 10.4. The molecule has 1 aliphatic heterocycles. The van der Waals surface area contributed by atoms with E-state index in [1.165, 1.54) is 19.3 Å². The van der Waals surface area contributed by atoms with Crippen LogP contribution in [-0.4, -0.2) is 23.5 Å². The average molecular weight is 327 g/mol. The van der Waals surface area contributed by atoms with E-state index >= 15 is 0 Å². The zero-order chi connectivity index (χ0) is 14.1. The van der Waals surface area contributed by atoms with Crippen molar-refractivity contribution in [1.82, 2.24) is 4.98 Å². The Morgan fingerprint density at radius 1 is 1.25 bits per heavy atom. The predicted octanol–water partition coefficient (Wildman–Crippen LogP) is -0.446. The molecule has 0 spiro atoms. The number of hydrogen-bond donors (Lipinski definition) is 0. The van der Waals surface area contributed by atoms with Crippen LogP contribution in [0.1, 0.15) is 37.4 Å². The van der Waals surface area contributed by atoms with Gasteiger partial charge in [0.1, 0.15) is 0 Å². The maximum absolute atomic E-state index is 9.28. The molecule has 1 unspecified atom stereocenters. The molecule has 1 aromatic heterocycles. The average Bonchev–Trinajstić information content (AvgIpc) is 2.40. The molecule has 0 saturated carbocycles. The van der Waals surface area contributed by atoms with Gasteiger partial charge in [0.05, 0.1) is 0 Å². The van der Waals surface area contributed by atoms with Crippen LogP contribution in [-0.2, 0) is 26.7 Å². The van der Waals surface area contributed by atoms with Gasteiger partial charge in [-0.2, -0.15) is 0 Å². The van der Waals surface area contributed by atoms with E-state index in [1.54, 1.807) is 0 Å². The molecule has 0 aliphatic carbocycles. The fraction of sp³-hybridized carbons (Fsp3) is 0.462. The molecule has 7 heteroatoms. The molecule has 1 saturated heterocycles. The maximum Gasteiger partial charge on any atom is 2.00 e. The minimum atomic E-state index is -1.63. The molecule has 20 heavy (non-hydrogen) atoms. The summed E-state index contributed by atoms with van der Waals surface area (Å²) in [4.78, 5) is 22.9. The summed E-state index contributed by atoms with van der Waals surface area (Å²) in [7, 11) is 0. The molecule has 0 N–H and O–H groups in total. The first-order valence-electron chi connectivity index (χ1n) is 6.07. The van der Waals surface area contributed by atoms with Crippen molar-refractivity contribution in [3.8, 4) is 0 Å². The van der Waals surface area contributed by atoms with Crippen molar-refractivity contribution >= 4 is 11.9 Å². The quantitative estimate of drug-likeness (QED) is 0.552. The van der Waals surface area contributed by atoms with Gasteiger partial charge in [0.25, 0.3) is 0 Å². The Morgan fingerprint density at radius 3 is 2.35 bits per heavy atom. The van der Waals surface area contributed by atoms with Gasteiger partial charge in [-0.05, 0) is 12.1 Å². The molecule has 1 fully saturated rings. The first kappa shape index (κ1) is 18.6. The predicted molar refractivity (Wildman–Crippen MR) is 63.7 cm³/mol. The standard InChI is InChI=1S/C10H13N2.C3H4O4.Cu/c1-3-7-11-9(5-1)10-6-2-4-8-12-10;4-2(5)1-3(6)7;/h1,3,5,7,10H,2,4,6,8H2;1H2,(H,4,5)(H,6,7);/q-1;;+2/p-2. The van der Waals surface area contributed by atoms with Crippen LogP contribution in [0, 0.1) is 0 Å². The zero-order valence-corrected chi connectivity index (χ0v) is 11.7. The summed E-state index contributed by atoms with van der Waals surface area (Å²) >= 11 is 0. The Kier molecular flexibility index (Phi) is 9.63. The van der Waals surface area contributed by atoms with Crippen molar-refractivity contribution in [2.24, 2.45) is 0 Å². The molecule has 1 radical (unpaired) electrons. The minimum Gasteiger partial charge on any atom is -0.654 e. The molecule has 1 aromatic rings. The first-order valence-corrected chi connectivity index (χ1v) is 6.07. The number of carbonyl (C=O) groups excluding carboxylic acids is 2. The van der Waals surface area contributed by atoms with Gasteiger partial charge in [-0.15, -0.1) is 6.54 Å². The molecule has 1 atom stereocenters. The second-order valence-electron chi connectivity index (χ2n) is 4.09. The molecule has 6 nitrogen and oxygen atoms in total. The first-order chi connectivity index (χ1) is 9.09. The molecule has 2 rings (SSSR count). The number of carboxylic acid groups (broad SMARTS) is 2. The number of nitrogens with zero attached hydrogens (tertiary/aromatic N) is 2. The second-order valence-corrected chi connectivity index (χ2v) is 4.09. The van der Waals surface area contributed by atoms with Crippen LogP contribution < -0.4 is 10.2 Å². The van der Waals surface area contributed by atoms with Gasteiger partial charge < -0.3 is 25.1 Å². The van der Waals surface area contributed by atoms with E-state index in [1.807, 2.05) is 18.3 Å². The summed E-state index contributed by atoms with van der Waals surface area (Å²) in [5.41, 5.74) is 1.14. The van der Waals surface area contributed by atoms with Crippen LogP contribution in [0.25, 0.3) is 5.32 Å². The molecular formula is C13H15CuN2O4-. The molecular weight excluding hydrogens is 312 g/mol. The normalized spacial score (nSPS) is 17.1. The van der Waals surface area contributed by atoms with E-state index in [-0.39, 0.29) is 17.1 Å². The van der Waals surface area contributed by atoms with Crippen molar-refractivity contribution in [3.05, 3.63) is 35.4 Å². The van der Waals surface area contributed by atoms with Crippen LogP contribution in [0.5, 0.6) is 0 Å². The van der Waals surface area contributed by atoms with E-state index in [2.05, 4.69) is 16.4 Å². The third kappa shape index (κ3) is 7.89. The van der Waals surface area contributed by atoms with Gasteiger partial charge >= 0.3 is 17.1 Å². The van der Waals surface area contributed by atoms with Crippen LogP contribution >= 0.6 is 0 Å². The summed E-state index contributed by atoms with van der Waals surface area (Å²) in [6.07, 6.45) is 4.55. The molecule has 0 bridgehead atoms. The summed E-state index contributed by atoms with van der Waals surface area (Å²) in [6.45, 7) is 1.02. The monoisotopic (exact) mass is 326 g/mol. The molecule has 113 valence electrons. The molecule has 0 aromatic carbocycles. The van der Waals surface area contributed by atoms with E-state index in [0.29, 0.717) is 6.04 Å². The smallest absolute Gasteiger partial charge is 0.654 e. The van der Waals surface area contributed by atoms with E-state index in [9.17, 15) is 19.8 Å². The summed E-state index contributed by atoms with van der Waals surface area (Å²) in [6, 6.07) is 6.43. The number of hydrogen-bond acceptors (Lipinski definition) is 5. The third-order valence-corrected chi connectivity index (χ3v) is 2.55. The maximum atomic E-state index is 9.28. The number of carbonyl (C=O) groups is 2. The Morgan fingerprint density at radius 2 is 1.95 bits per heavy atom. The van der Waals surface area contributed by atoms with Crippen LogP contribution in [0.4, 0.5) is 0 Å². The van der Waals surface area contributed by atoms with Crippen LogP contribution in [0.15, 0.2) is 24.4 Å². The van der Waals surface area contributed by atoms with E-state index in [0.717, 1.165) is 12.2 Å². The van der Waals surface area contributed by atoms with Crippen LogP contribution in [0.2, 0.25) is 0 Å². The van der Waals surface area contributed by atoms with Gasteiger partial charge in [0.2, 0.25) is 0 Å². The Labute approximate surface area is 128 Å². The number of aliphatic carboxylic acids is 2. The van der Waals surface area contributed by atoms with Gasteiger partial charge in [0.15, 0.2) is 0 Å². The molecule has 1 aliphatic rings. The fourth-order valence-electron chi connectivity index (χ4n) is 1.72.